The summed E-state index contributed by atoms with van der Waals surface area (Å²) in [6.07, 6.45) is 1.85. The number of carbonyl (C=O) groups is 1. The molecule has 2 aromatic carbocycles. The summed E-state index contributed by atoms with van der Waals surface area (Å²) in [7, 11) is 0. The highest BCUT2D eigenvalue weighted by atomic mass is 16.5. The van der Waals surface area contributed by atoms with Gasteiger partial charge in [-0.25, -0.2) is 0 Å². The SMILES string of the molecule is CCOc1cc(/C=C2\C(=O)N(c3ccccc3)N=C2C)ccc1OCC(C)C. The van der Waals surface area contributed by atoms with Gasteiger partial charge in [0, 0.05) is 0 Å². The van der Waals surface area contributed by atoms with Gasteiger partial charge in [-0.3, -0.25) is 4.79 Å². The van der Waals surface area contributed by atoms with Crippen LogP contribution in [0.2, 0.25) is 0 Å². The molecule has 5 nitrogen and oxygen atoms in total. The van der Waals surface area contributed by atoms with Crippen LogP contribution in [0.5, 0.6) is 11.5 Å². The summed E-state index contributed by atoms with van der Waals surface area (Å²) in [5, 5.41) is 5.85. The van der Waals surface area contributed by atoms with Crippen molar-refractivity contribution in [2.24, 2.45) is 11.0 Å². The molecule has 1 aliphatic rings. The maximum Gasteiger partial charge on any atom is 0.280 e. The summed E-state index contributed by atoms with van der Waals surface area (Å²) in [6.45, 7) is 9.15. The zero-order valence-corrected chi connectivity index (χ0v) is 16.8. The predicted octanol–water partition coefficient (Wildman–Crippen LogP) is 4.93. The molecule has 0 fully saturated rings. The van der Waals surface area contributed by atoms with Gasteiger partial charge in [-0.1, -0.05) is 38.1 Å². The van der Waals surface area contributed by atoms with Crippen LogP contribution < -0.4 is 14.5 Å². The molecule has 0 aliphatic carbocycles. The summed E-state index contributed by atoms with van der Waals surface area (Å²) < 4.78 is 11.6. The van der Waals surface area contributed by atoms with Crippen molar-refractivity contribution in [3.05, 3.63) is 59.7 Å². The Morgan fingerprint density at radius 1 is 1.07 bits per heavy atom. The molecule has 1 amide bonds. The Kier molecular flexibility index (Phi) is 6.14. The molecule has 0 saturated carbocycles. The van der Waals surface area contributed by atoms with Crippen LogP contribution in [0, 0.1) is 5.92 Å². The van der Waals surface area contributed by atoms with Crippen molar-refractivity contribution in [2.45, 2.75) is 27.7 Å². The summed E-state index contributed by atoms with van der Waals surface area (Å²) in [5.41, 5.74) is 2.88. The minimum absolute atomic E-state index is 0.137. The maximum atomic E-state index is 12.9. The minimum atomic E-state index is -0.137. The first-order valence-corrected chi connectivity index (χ1v) is 9.56. The highest BCUT2D eigenvalue weighted by molar-refractivity contribution is 6.32. The minimum Gasteiger partial charge on any atom is -0.490 e. The molecule has 28 heavy (non-hydrogen) atoms. The summed E-state index contributed by atoms with van der Waals surface area (Å²) >= 11 is 0. The average molecular weight is 378 g/mol. The number of hydrazone groups is 1. The second-order valence-electron chi connectivity index (χ2n) is 7.04. The van der Waals surface area contributed by atoms with Crippen LogP contribution in [0.3, 0.4) is 0 Å². The van der Waals surface area contributed by atoms with Crippen LogP contribution >= 0.6 is 0 Å². The average Bonchev–Trinajstić information content (AvgIpc) is 2.96. The van der Waals surface area contributed by atoms with Crippen LogP contribution in [-0.2, 0) is 4.79 Å². The van der Waals surface area contributed by atoms with Crippen molar-refractivity contribution in [3.63, 3.8) is 0 Å². The number of anilines is 1. The van der Waals surface area contributed by atoms with Crippen LogP contribution in [0.15, 0.2) is 59.2 Å². The summed E-state index contributed by atoms with van der Waals surface area (Å²) in [4.78, 5) is 12.9. The van der Waals surface area contributed by atoms with E-state index in [1.807, 2.05) is 68.5 Å². The van der Waals surface area contributed by atoms with Gasteiger partial charge < -0.3 is 9.47 Å². The van der Waals surface area contributed by atoms with E-state index in [2.05, 4.69) is 18.9 Å². The quantitative estimate of drug-likeness (QED) is 0.642. The largest absolute Gasteiger partial charge is 0.490 e. The standard InChI is InChI=1S/C23H26N2O3/c1-5-27-22-14-18(11-12-21(22)28-15-16(2)3)13-20-17(4)24-25(23(20)26)19-9-7-6-8-10-19/h6-14,16H,5,15H2,1-4H3/b20-13-. The number of carbonyl (C=O) groups excluding carboxylic acids is 1. The topological polar surface area (TPSA) is 51.1 Å². The molecule has 0 N–H and O–H groups in total. The molecule has 0 atom stereocenters. The van der Waals surface area contributed by atoms with E-state index in [1.165, 1.54) is 5.01 Å². The van der Waals surface area contributed by atoms with E-state index >= 15 is 0 Å². The van der Waals surface area contributed by atoms with E-state index in [-0.39, 0.29) is 5.91 Å². The number of rotatable bonds is 7. The van der Waals surface area contributed by atoms with Gasteiger partial charge in [-0.15, -0.1) is 0 Å². The lowest BCUT2D eigenvalue weighted by Gasteiger charge is -2.14. The number of ether oxygens (including phenoxy) is 2. The Bertz CT molecular complexity index is 901. The normalized spacial score (nSPS) is 15.3. The fourth-order valence-electron chi connectivity index (χ4n) is 2.85. The Labute approximate surface area is 166 Å². The third kappa shape index (κ3) is 4.42. The molecule has 5 heteroatoms. The molecule has 0 aromatic heterocycles. The van der Waals surface area contributed by atoms with E-state index < -0.39 is 0 Å². The van der Waals surface area contributed by atoms with Gasteiger partial charge in [-0.05, 0) is 55.7 Å². The Morgan fingerprint density at radius 3 is 2.50 bits per heavy atom. The van der Waals surface area contributed by atoms with Crippen LogP contribution in [0.25, 0.3) is 6.08 Å². The molecule has 0 bridgehead atoms. The molecular formula is C23H26N2O3. The van der Waals surface area contributed by atoms with Crippen LogP contribution in [0.4, 0.5) is 5.69 Å². The highest BCUT2D eigenvalue weighted by Crippen LogP contribution is 2.31. The lowest BCUT2D eigenvalue weighted by molar-refractivity contribution is -0.114. The van der Waals surface area contributed by atoms with E-state index in [0.29, 0.717) is 41.9 Å². The molecule has 2 aromatic rings. The third-order valence-electron chi connectivity index (χ3n) is 4.21. The molecule has 0 saturated heterocycles. The number of hydrogen-bond donors (Lipinski definition) is 0. The highest BCUT2D eigenvalue weighted by Gasteiger charge is 2.28. The molecule has 0 radical (unpaired) electrons. The van der Waals surface area contributed by atoms with Crippen LogP contribution in [0.1, 0.15) is 33.3 Å². The van der Waals surface area contributed by atoms with Gasteiger partial charge in [0.15, 0.2) is 11.5 Å². The number of nitrogens with zero attached hydrogens (tertiary/aromatic N) is 2. The zero-order valence-electron chi connectivity index (χ0n) is 16.8. The van der Waals surface area contributed by atoms with E-state index in [1.54, 1.807) is 0 Å². The summed E-state index contributed by atoms with van der Waals surface area (Å²) in [6, 6.07) is 15.1. The van der Waals surface area contributed by atoms with Crippen molar-refractivity contribution in [3.8, 4) is 11.5 Å². The van der Waals surface area contributed by atoms with Gasteiger partial charge in [0.1, 0.15) is 0 Å². The Morgan fingerprint density at radius 2 is 1.82 bits per heavy atom. The van der Waals surface area contributed by atoms with Crippen LogP contribution in [-0.4, -0.2) is 24.8 Å². The first kappa shape index (κ1) is 19.7. The number of benzene rings is 2. The van der Waals surface area contributed by atoms with Crippen molar-refractivity contribution in [1.82, 2.24) is 0 Å². The molecule has 1 aliphatic heterocycles. The monoisotopic (exact) mass is 378 g/mol. The molecular weight excluding hydrogens is 352 g/mol. The molecule has 0 unspecified atom stereocenters. The van der Waals surface area contributed by atoms with Gasteiger partial charge >= 0.3 is 0 Å². The van der Waals surface area contributed by atoms with Gasteiger partial charge in [0.05, 0.1) is 30.2 Å². The zero-order chi connectivity index (χ0) is 20.1. The van der Waals surface area contributed by atoms with Crippen molar-refractivity contribution in [1.29, 1.82) is 0 Å². The van der Waals surface area contributed by atoms with Crippen molar-refractivity contribution >= 4 is 23.4 Å². The second-order valence-corrected chi connectivity index (χ2v) is 7.04. The number of hydrogen-bond acceptors (Lipinski definition) is 4. The van der Waals surface area contributed by atoms with Crippen molar-refractivity contribution < 1.29 is 14.3 Å². The fourth-order valence-corrected chi connectivity index (χ4v) is 2.85. The van der Waals surface area contributed by atoms with Gasteiger partial charge in [0.25, 0.3) is 5.91 Å². The molecule has 1 heterocycles. The molecule has 146 valence electrons. The first-order valence-electron chi connectivity index (χ1n) is 9.56. The lowest BCUT2D eigenvalue weighted by atomic mass is 10.1. The molecule has 0 spiro atoms. The number of para-hydroxylation sites is 1. The summed E-state index contributed by atoms with van der Waals surface area (Å²) in [5.74, 6) is 1.68. The van der Waals surface area contributed by atoms with Gasteiger partial charge in [-0.2, -0.15) is 10.1 Å². The maximum absolute atomic E-state index is 12.9. The predicted molar refractivity (Wildman–Crippen MR) is 113 cm³/mol. The van der Waals surface area contributed by atoms with E-state index in [0.717, 1.165) is 11.3 Å². The second kappa shape index (κ2) is 8.74. The Balaban J connectivity index is 1.87. The molecule has 3 rings (SSSR count). The van der Waals surface area contributed by atoms with E-state index in [4.69, 9.17) is 9.47 Å². The van der Waals surface area contributed by atoms with E-state index in [9.17, 15) is 4.79 Å². The van der Waals surface area contributed by atoms with Gasteiger partial charge in [0.2, 0.25) is 0 Å². The lowest BCUT2D eigenvalue weighted by Crippen LogP contribution is -2.21. The smallest absolute Gasteiger partial charge is 0.280 e. The fraction of sp³-hybridized carbons (Fsp3) is 0.304. The first-order chi connectivity index (χ1) is 13.5. The Hall–Kier alpha value is -3.08. The van der Waals surface area contributed by atoms with Crippen molar-refractivity contribution in [2.75, 3.05) is 18.2 Å². The third-order valence-corrected chi connectivity index (χ3v) is 4.21. The number of amides is 1.